The van der Waals surface area contributed by atoms with Gasteiger partial charge in [0.15, 0.2) is 0 Å². The van der Waals surface area contributed by atoms with Crippen molar-refractivity contribution in [3.8, 4) is 10.4 Å². The Morgan fingerprint density at radius 3 is 2.77 bits per heavy atom. The van der Waals surface area contributed by atoms with E-state index < -0.39 is 12.0 Å². The first kappa shape index (κ1) is 18.3. The minimum absolute atomic E-state index is 0.216. The van der Waals surface area contributed by atoms with Gasteiger partial charge in [-0.3, -0.25) is 9.36 Å². The number of esters is 1. The van der Waals surface area contributed by atoms with E-state index in [1.54, 1.807) is 6.92 Å². The number of aromatic nitrogens is 2. The average Bonchev–Trinajstić information content (AvgIpc) is 3.11. The van der Waals surface area contributed by atoms with Crippen molar-refractivity contribution in [3.63, 3.8) is 0 Å². The van der Waals surface area contributed by atoms with Crippen LogP contribution in [0.5, 0.6) is 0 Å². The van der Waals surface area contributed by atoms with E-state index in [0.717, 1.165) is 29.7 Å². The van der Waals surface area contributed by atoms with Crippen molar-refractivity contribution in [2.24, 2.45) is 0 Å². The Bertz CT molecular complexity index is 947. The SMILES string of the molecule is CCCCCOC(=O)C(C)n1cnc2sc(-c3ccccc3)cc2c1=O. The van der Waals surface area contributed by atoms with Crippen molar-refractivity contribution < 1.29 is 9.53 Å². The molecule has 0 aliphatic carbocycles. The van der Waals surface area contributed by atoms with Crippen molar-refractivity contribution in [1.29, 1.82) is 0 Å². The second kappa shape index (κ2) is 8.27. The molecule has 26 heavy (non-hydrogen) atoms. The average molecular weight is 370 g/mol. The Morgan fingerprint density at radius 1 is 1.27 bits per heavy atom. The first-order valence-electron chi connectivity index (χ1n) is 8.84. The molecule has 0 saturated carbocycles. The van der Waals surface area contributed by atoms with Gasteiger partial charge in [0.25, 0.3) is 5.56 Å². The molecule has 0 aliphatic rings. The Hall–Kier alpha value is -2.47. The Balaban J connectivity index is 1.85. The van der Waals surface area contributed by atoms with E-state index in [4.69, 9.17) is 4.74 Å². The van der Waals surface area contributed by atoms with Crippen LogP contribution in [0.25, 0.3) is 20.7 Å². The topological polar surface area (TPSA) is 61.2 Å². The number of fused-ring (bicyclic) bond motifs is 1. The predicted octanol–water partition coefficient (Wildman–Crippen LogP) is 4.42. The Labute approximate surface area is 156 Å². The molecule has 0 aliphatic heterocycles. The highest BCUT2D eigenvalue weighted by Crippen LogP contribution is 2.30. The first-order chi connectivity index (χ1) is 12.6. The summed E-state index contributed by atoms with van der Waals surface area (Å²) in [5.74, 6) is -0.400. The molecule has 1 atom stereocenters. The summed E-state index contributed by atoms with van der Waals surface area (Å²) in [6.07, 6.45) is 4.36. The van der Waals surface area contributed by atoms with E-state index in [1.807, 2.05) is 36.4 Å². The molecule has 0 bridgehead atoms. The van der Waals surface area contributed by atoms with Gasteiger partial charge in [0.2, 0.25) is 0 Å². The summed E-state index contributed by atoms with van der Waals surface area (Å²) in [5, 5.41) is 0.530. The number of carbonyl (C=O) groups excluding carboxylic acids is 1. The molecule has 0 spiro atoms. The van der Waals surface area contributed by atoms with Gasteiger partial charge in [0, 0.05) is 4.88 Å². The molecular formula is C20H22N2O3S. The van der Waals surface area contributed by atoms with Crippen molar-refractivity contribution in [3.05, 3.63) is 53.1 Å². The number of nitrogens with zero attached hydrogens (tertiary/aromatic N) is 2. The number of rotatable bonds is 7. The molecule has 2 aromatic heterocycles. The van der Waals surface area contributed by atoms with E-state index in [9.17, 15) is 9.59 Å². The van der Waals surface area contributed by atoms with Crippen molar-refractivity contribution in [1.82, 2.24) is 9.55 Å². The fraction of sp³-hybridized carbons (Fsp3) is 0.350. The zero-order chi connectivity index (χ0) is 18.5. The summed E-state index contributed by atoms with van der Waals surface area (Å²) in [6.45, 7) is 4.15. The highest BCUT2D eigenvalue weighted by Gasteiger charge is 2.20. The maximum atomic E-state index is 12.8. The zero-order valence-corrected chi connectivity index (χ0v) is 15.8. The first-order valence-corrected chi connectivity index (χ1v) is 9.66. The van der Waals surface area contributed by atoms with Crippen LogP contribution in [0.1, 0.15) is 39.2 Å². The highest BCUT2D eigenvalue weighted by atomic mass is 32.1. The second-order valence-electron chi connectivity index (χ2n) is 6.20. The largest absolute Gasteiger partial charge is 0.464 e. The quantitative estimate of drug-likeness (QED) is 0.456. The van der Waals surface area contributed by atoms with Gasteiger partial charge in [-0.25, -0.2) is 9.78 Å². The third-order valence-electron chi connectivity index (χ3n) is 4.29. The number of benzene rings is 1. The van der Waals surface area contributed by atoms with E-state index >= 15 is 0 Å². The van der Waals surface area contributed by atoms with Gasteiger partial charge in [0.1, 0.15) is 10.9 Å². The van der Waals surface area contributed by atoms with Gasteiger partial charge >= 0.3 is 5.97 Å². The molecule has 1 aromatic carbocycles. The van der Waals surface area contributed by atoms with Crippen molar-refractivity contribution in [2.75, 3.05) is 6.61 Å². The van der Waals surface area contributed by atoms with Gasteiger partial charge < -0.3 is 4.74 Å². The zero-order valence-electron chi connectivity index (χ0n) is 15.0. The summed E-state index contributed by atoms with van der Waals surface area (Å²) < 4.78 is 6.63. The van der Waals surface area contributed by atoms with Gasteiger partial charge in [-0.15, -0.1) is 11.3 Å². The molecule has 0 N–H and O–H groups in total. The summed E-state index contributed by atoms with van der Waals surface area (Å²) >= 11 is 1.47. The lowest BCUT2D eigenvalue weighted by Gasteiger charge is -2.13. The summed E-state index contributed by atoms with van der Waals surface area (Å²) in [5.41, 5.74) is 0.830. The maximum absolute atomic E-state index is 12.8. The molecular weight excluding hydrogens is 348 g/mol. The van der Waals surface area contributed by atoms with E-state index in [-0.39, 0.29) is 5.56 Å². The van der Waals surface area contributed by atoms with Crippen LogP contribution in [0.3, 0.4) is 0 Å². The van der Waals surface area contributed by atoms with Gasteiger partial charge in [-0.1, -0.05) is 50.1 Å². The van der Waals surface area contributed by atoms with Gasteiger partial charge in [-0.05, 0) is 25.0 Å². The monoisotopic (exact) mass is 370 g/mol. The number of hydrogen-bond donors (Lipinski definition) is 0. The molecule has 3 aromatic rings. The molecule has 2 heterocycles. The normalized spacial score (nSPS) is 12.2. The van der Waals surface area contributed by atoms with Crippen LogP contribution in [0.2, 0.25) is 0 Å². The van der Waals surface area contributed by atoms with Crippen LogP contribution < -0.4 is 5.56 Å². The van der Waals surface area contributed by atoms with Crippen molar-refractivity contribution in [2.45, 2.75) is 39.2 Å². The smallest absolute Gasteiger partial charge is 0.328 e. The standard InChI is InChI=1S/C20H22N2O3S/c1-3-4-8-11-25-20(24)14(2)22-13-21-18-16(19(22)23)12-17(26-18)15-9-6-5-7-10-15/h5-7,9-10,12-14H,3-4,8,11H2,1-2H3. The second-order valence-corrected chi connectivity index (χ2v) is 7.23. The summed E-state index contributed by atoms with van der Waals surface area (Å²) in [4.78, 5) is 31.1. The summed E-state index contributed by atoms with van der Waals surface area (Å²) in [7, 11) is 0. The maximum Gasteiger partial charge on any atom is 0.328 e. The van der Waals surface area contributed by atoms with Crippen LogP contribution in [0, 0.1) is 0 Å². The number of carbonyl (C=O) groups is 1. The third-order valence-corrected chi connectivity index (χ3v) is 5.38. The lowest BCUT2D eigenvalue weighted by atomic mass is 10.2. The minimum atomic E-state index is -0.693. The molecule has 0 fully saturated rings. The fourth-order valence-corrected chi connectivity index (χ4v) is 3.71. The lowest BCUT2D eigenvalue weighted by molar-refractivity contribution is -0.147. The van der Waals surface area contributed by atoms with Crippen LogP contribution in [0.4, 0.5) is 0 Å². The number of ether oxygens (including phenoxy) is 1. The van der Waals surface area contributed by atoms with Crippen molar-refractivity contribution >= 4 is 27.5 Å². The molecule has 5 nitrogen and oxygen atoms in total. The molecule has 6 heteroatoms. The number of hydrogen-bond acceptors (Lipinski definition) is 5. The van der Waals surface area contributed by atoms with Crippen LogP contribution in [-0.4, -0.2) is 22.1 Å². The molecule has 3 rings (SSSR count). The number of thiophene rings is 1. The molecule has 136 valence electrons. The lowest BCUT2D eigenvalue weighted by Crippen LogP contribution is -2.29. The van der Waals surface area contributed by atoms with E-state index in [2.05, 4.69) is 11.9 Å². The molecule has 1 unspecified atom stereocenters. The van der Waals surface area contributed by atoms with Gasteiger partial charge in [-0.2, -0.15) is 0 Å². The Morgan fingerprint density at radius 2 is 2.04 bits per heavy atom. The molecule has 0 radical (unpaired) electrons. The van der Waals surface area contributed by atoms with Crippen LogP contribution in [0.15, 0.2) is 47.5 Å². The number of unbranched alkanes of at least 4 members (excludes halogenated alkanes) is 2. The van der Waals surface area contributed by atoms with E-state index in [1.165, 1.54) is 22.2 Å². The minimum Gasteiger partial charge on any atom is -0.464 e. The third kappa shape index (κ3) is 3.85. The highest BCUT2D eigenvalue weighted by molar-refractivity contribution is 7.21. The molecule has 0 amide bonds. The van der Waals surface area contributed by atoms with E-state index in [0.29, 0.717) is 16.8 Å². The van der Waals surface area contributed by atoms with Gasteiger partial charge in [0.05, 0.1) is 18.3 Å². The molecule has 0 saturated heterocycles. The van der Waals surface area contributed by atoms with Crippen LogP contribution >= 0.6 is 11.3 Å². The predicted molar refractivity (Wildman–Crippen MR) is 105 cm³/mol. The fourth-order valence-electron chi connectivity index (χ4n) is 2.72. The van der Waals surface area contributed by atoms with Crippen LogP contribution in [-0.2, 0) is 9.53 Å². The summed E-state index contributed by atoms with van der Waals surface area (Å²) in [6, 6.07) is 11.0. The Kier molecular flexibility index (Phi) is 5.83.